The van der Waals surface area contributed by atoms with Gasteiger partial charge in [0.15, 0.2) is 5.11 Å². The Kier molecular flexibility index (Phi) is 5.61. The summed E-state index contributed by atoms with van der Waals surface area (Å²) in [5, 5.41) is 4.42. The molecule has 1 aromatic heterocycles. The number of anilines is 2. The zero-order valence-electron chi connectivity index (χ0n) is 19.5. The van der Waals surface area contributed by atoms with Crippen LogP contribution in [0, 0.1) is 5.82 Å². The highest BCUT2D eigenvalue weighted by Crippen LogP contribution is 2.48. The van der Waals surface area contributed by atoms with Gasteiger partial charge in [0.25, 0.3) is 0 Å². The Labute approximate surface area is 210 Å². The van der Waals surface area contributed by atoms with E-state index in [1.54, 1.807) is 18.3 Å². The van der Waals surface area contributed by atoms with E-state index in [2.05, 4.69) is 55.2 Å². The van der Waals surface area contributed by atoms with Crippen molar-refractivity contribution in [2.24, 2.45) is 0 Å². The van der Waals surface area contributed by atoms with Gasteiger partial charge in [0.05, 0.1) is 29.0 Å². The number of fused-ring (bicyclic) bond motifs is 1. The van der Waals surface area contributed by atoms with E-state index in [0.717, 1.165) is 22.5 Å². The average molecular weight is 493 g/mol. The predicted octanol–water partition coefficient (Wildman–Crippen LogP) is 6.68. The van der Waals surface area contributed by atoms with Crippen LogP contribution in [0.3, 0.4) is 0 Å². The summed E-state index contributed by atoms with van der Waals surface area (Å²) in [6.07, 6.45) is 4.01. The maximum absolute atomic E-state index is 15.0. The highest BCUT2D eigenvalue weighted by molar-refractivity contribution is 7.80. The Morgan fingerprint density at radius 1 is 1.09 bits per heavy atom. The number of hydrogen-bond acceptors (Lipinski definition) is 3. The van der Waals surface area contributed by atoms with E-state index in [1.807, 2.05) is 35.2 Å². The van der Waals surface area contributed by atoms with Crippen LogP contribution in [-0.4, -0.2) is 22.7 Å². The lowest BCUT2D eigenvalue weighted by atomic mass is 9.86. The third kappa shape index (κ3) is 3.65. The van der Waals surface area contributed by atoms with E-state index in [-0.39, 0.29) is 23.4 Å². The molecule has 3 aromatic rings. The molecule has 0 spiro atoms. The minimum atomic E-state index is -0.384. The second-order valence-corrected chi connectivity index (χ2v) is 10.2. The van der Waals surface area contributed by atoms with Gasteiger partial charge in [0, 0.05) is 29.5 Å². The van der Waals surface area contributed by atoms with Crippen LogP contribution in [-0.2, 0) is 0 Å². The maximum atomic E-state index is 15.0. The number of likely N-dealkylation sites (N-methyl/N-ethyl adjacent to an activating group) is 1. The smallest absolute Gasteiger partial charge is 0.174 e. The molecule has 1 saturated heterocycles. The summed E-state index contributed by atoms with van der Waals surface area (Å²) < 4.78 is 15.0. The minimum absolute atomic E-state index is 0.131. The second-order valence-electron chi connectivity index (χ2n) is 9.38. The van der Waals surface area contributed by atoms with Crippen molar-refractivity contribution in [3.63, 3.8) is 0 Å². The van der Waals surface area contributed by atoms with Gasteiger partial charge >= 0.3 is 0 Å². The lowest BCUT2D eigenvalue weighted by Gasteiger charge is -2.41. The molecule has 5 rings (SSSR count). The quantitative estimate of drug-likeness (QED) is 0.412. The number of aromatic nitrogens is 1. The molecule has 2 aromatic carbocycles. The van der Waals surface area contributed by atoms with Gasteiger partial charge in [0.2, 0.25) is 0 Å². The van der Waals surface area contributed by atoms with Crippen molar-refractivity contribution in [1.29, 1.82) is 0 Å². The molecule has 0 unspecified atom stereocenters. The summed E-state index contributed by atoms with van der Waals surface area (Å²) in [4.78, 5) is 8.64. The topological polar surface area (TPSA) is 31.4 Å². The first-order valence-electron chi connectivity index (χ1n) is 11.2. The SMILES string of the molecule is CC1=CC(C)(C)N(C)c2cc(Cl)c([C@H]3[C@@H](c4ccccn4)NC(=S)N3c3ccccc3F)cc21. The zero-order valence-corrected chi connectivity index (χ0v) is 21.1. The van der Waals surface area contributed by atoms with Gasteiger partial charge in [0.1, 0.15) is 5.82 Å². The Hall–Kier alpha value is -2.96. The highest BCUT2D eigenvalue weighted by atomic mass is 35.5. The molecule has 7 heteroatoms. The van der Waals surface area contributed by atoms with E-state index >= 15 is 4.39 Å². The molecule has 34 heavy (non-hydrogen) atoms. The van der Waals surface area contributed by atoms with E-state index in [9.17, 15) is 0 Å². The van der Waals surface area contributed by atoms with Crippen molar-refractivity contribution in [2.75, 3.05) is 16.8 Å². The molecule has 1 N–H and O–H groups in total. The Balaban J connectivity index is 1.72. The van der Waals surface area contributed by atoms with Gasteiger partial charge in [-0.1, -0.05) is 35.9 Å². The molecule has 3 heterocycles. The molecule has 2 aliphatic heterocycles. The zero-order chi connectivity index (χ0) is 24.2. The number of nitrogens with zero attached hydrogens (tertiary/aromatic N) is 3. The molecule has 2 aliphatic rings. The van der Waals surface area contributed by atoms with Gasteiger partial charge in [-0.05, 0) is 80.5 Å². The fourth-order valence-electron chi connectivity index (χ4n) is 4.99. The molecular weight excluding hydrogens is 467 g/mol. The van der Waals surface area contributed by atoms with Gasteiger partial charge < -0.3 is 15.1 Å². The van der Waals surface area contributed by atoms with E-state index < -0.39 is 0 Å². The van der Waals surface area contributed by atoms with Gasteiger partial charge in [-0.2, -0.15) is 0 Å². The van der Waals surface area contributed by atoms with Crippen molar-refractivity contribution in [1.82, 2.24) is 10.3 Å². The molecule has 4 nitrogen and oxygen atoms in total. The standard InChI is InChI=1S/C27H26ClFN4S/c1-16-15-27(2,3)32(4)23-14-19(28)18(13-17(16)23)25-24(21-10-7-8-12-30-21)31-26(34)33(25)22-11-6-5-9-20(22)29/h5-15,24-25H,1-4H3,(H,31,34)/t24-,25+/m1/s1. The van der Waals surface area contributed by atoms with Crippen LogP contribution in [0.4, 0.5) is 15.8 Å². The molecule has 0 aliphatic carbocycles. The Morgan fingerprint density at radius 3 is 2.53 bits per heavy atom. The lowest BCUT2D eigenvalue weighted by molar-refractivity contribution is 0.557. The number of pyridine rings is 1. The van der Waals surface area contributed by atoms with Crippen molar-refractivity contribution in [3.8, 4) is 0 Å². The van der Waals surface area contributed by atoms with Crippen molar-refractivity contribution in [2.45, 2.75) is 38.4 Å². The largest absolute Gasteiger partial charge is 0.365 e. The maximum Gasteiger partial charge on any atom is 0.174 e. The predicted molar refractivity (Wildman–Crippen MR) is 142 cm³/mol. The van der Waals surface area contributed by atoms with E-state index in [1.165, 1.54) is 11.6 Å². The summed E-state index contributed by atoms with van der Waals surface area (Å²) in [6.45, 7) is 6.48. The first-order chi connectivity index (χ1) is 16.2. The van der Waals surface area contributed by atoms with Crippen molar-refractivity contribution >= 4 is 45.9 Å². The van der Waals surface area contributed by atoms with Gasteiger partial charge in [-0.25, -0.2) is 4.39 Å². The number of nitrogens with one attached hydrogen (secondary N) is 1. The van der Waals surface area contributed by atoms with Crippen LogP contribution in [0.1, 0.15) is 49.7 Å². The normalized spacial score (nSPS) is 21.2. The number of hydrogen-bond donors (Lipinski definition) is 1. The molecule has 1 fully saturated rings. The van der Waals surface area contributed by atoms with Crippen LogP contribution in [0.15, 0.2) is 66.9 Å². The third-order valence-corrected chi connectivity index (χ3v) is 7.51. The van der Waals surface area contributed by atoms with Crippen LogP contribution in [0.2, 0.25) is 5.02 Å². The summed E-state index contributed by atoms with van der Waals surface area (Å²) in [6, 6.07) is 15.9. The van der Waals surface area contributed by atoms with Gasteiger partial charge in [-0.3, -0.25) is 4.98 Å². The van der Waals surface area contributed by atoms with Crippen LogP contribution in [0.25, 0.3) is 5.57 Å². The van der Waals surface area contributed by atoms with Crippen LogP contribution in [0.5, 0.6) is 0 Å². The summed E-state index contributed by atoms with van der Waals surface area (Å²) in [5.41, 5.74) is 5.31. The minimum Gasteiger partial charge on any atom is -0.365 e. The number of halogens is 2. The van der Waals surface area contributed by atoms with Crippen molar-refractivity contribution < 1.29 is 4.39 Å². The molecule has 0 saturated carbocycles. The highest BCUT2D eigenvalue weighted by Gasteiger charge is 2.43. The number of thiocarbonyl (C=S) groups is 1. The van der Waals surface area contributed by atoms with Gasteiger partial charge in [-0.15, -0.1) is 0 Å². The fourth-order valence-corrected chi connectivity index (χ4v) is 5.60. The number of benzene rings is 2. The summed E-state index contributed by atoms with van der Waals surface area (Å²) in [7, 11) is 2.08. The third-order valence-electron chi connectivity index (χ3n) is 6.86. The molecular formula is C27H26ClFN4S. The monoisotopic (exact) mass is 492 g/mol. The van der Waals surface area contributed by atoms with Crippen molar-refractivity contribution in [3.05, 3.63) is 94.5 Å². The second kappa shape index (κ2) is 8.36. The first kappa shape index (κ1) is 22.8. The Bertz CT molecular complexity index is 1310. The molecule has 2 atom stereocenters. The molecule has 174 valence electrons. The van der Waals surface area contributed by atoms with Crippen LogP contribution >= 0.6 is 23.8 Å². The number of allylic oxidation sites excluding steroid dienone is 1. The fraction of sp³-hybridized carbons (Fsp3) is 0.259. The number of para-hydroxylation sites is 1. The molecule has 0 bridgehead atoms. The lowest BCUT2D eigenvalue weighted by Crippen LogP contribution is -2.42. The molecule has 0 radical (unpaired) electrons. The Morgan fingerprint density at radius 2 is 1.82 bits per heavy atom. The summed E-state index contributed by atoms with van der Waals surface area (Å²) >= 11 is 12.7. The first-order valence-corrected chi connectivity index (χ1v) is 12.0. The van der Waals surface area contributed by atoms with Crippen LogP contribution < -0.4 is 15.1 Å². The van der Waals surface area contributed by atoms with E-state index in [0.29, 0.717) is 15.8 Å². The number of rotatable bonds is 3. The molecule has 0 amide bonds. The van der Waals surface area contributed by atoms with E-state index in [4.69, 9.17) is 23.8 Å². The summed E-state index contributed by atoms with van der Waals surface area (Å²) in [5.74, 6) is -0.343. The average Bonchev–Trinajstić information content (AvgIpc) is 3.14.